The Morgan fingerprint density at radius 1 is 1.31 bits per heavy atom. The lowest BCUT2D eigenvalue weighted by molar-refractivity contribution is 0.515. The zero-order valence-corrected chi connectivity index (χ0v) is 7.59. The van der Waals surface area contributed by atoms with Gasteiger partial charge in [-0.2, -0.15) is 0 Å². The van der Waals surface area contributed by atoms with Crippen LogP contribution < -0.4 is 11.1 Å². The predicted molar refractivity (Wildman–Crippen MR) is 53.5 cm³/mol. The Bertz CT molecular complexity index is 346. The van der Waals surface area contributed by atoms with Crippen LogP contribution in [-0.2, 0) is 6.42 Å². The van der Waals surface area contributed by atoms with Crippen molar-refractivity contribution in [1.29, 1.82) is 0 Å². The zero-order chi connectivity index (χ0) is 8.84. The molecule has 1 fully saturated rings. The van der Waals surface area contributed by atoms with Crippen LogP contribution in [-0.4, -0.2) is 6.04 Å². The molecule has 2 nitrogen and oxygen atoms in total. The van der Waals surface area contributed by atoms with E-state index in [1.165, 1.54) is 24.0 Å². The third-order valence-electron chi connectivity index (χ3n) is 3.25. The maximum absolute atomic E-state index is 5.77. The standard InChI is InChI=1S/C11H14N2/c12-8-1-3-10-7(5-8)6-9-2-4-11(10)13-9/h1,3,5,9,11,13H,2,4,6,12H2. The van der Waals surface area contributed by atoms with Crippen LogP contribution in [0, 0.1) is 0 Å². The van der Waals surface area contributed by atoms with Gasteiger partial charge in [-0.25, -0.2) is 0 Å². The van der Waals surface area contributed by atoms with Gasteiger partial charge in [-0.1, -0.05) is 6.07 Å². The van der Waals surface area contributed by atoms with Crippen molar-refractivity contribution in [2.24, 2.45) is 0 Å². The average molecular weight is 174 g/mol. The second-order valence-corrected chi connectivity index (χ2v) is 4.16. The summed E-state index contributed by atoms with van der Waals surface area (Å²) in [7, 11) is 0. The van der Waals surface area contributed by atoms with Crippen molar-refractivity contribution in [3.63, 3.8) is 0 Å². The van der Waals surface area contributed by atoms with Gasteiger partial charge in [0.2, 0.25) is 0 Å². The van der Waals surface area contributed by atoms with Gasteiger partial charge < -0.3 is 11.1 Å². The Balaban J connectivity index is 2.12. The predicted octanol–water partition coefficient (Wildman–Crippen LogP) is 1.62. The van der Waals surface area contributed by atoms with Gasteiger partial charge in [0.15, 0.2) is 0 Å². The van der Waals surface area contributed by atoms with Gasteiger partial charge in [0, 0.05) is 17.8 Å². The first-order valence-corrected chi connectivity index (χ1v) is 4.97. The van der Waals surface area contributed by atoms with Crippen LogP contribution in [0.5, 0.6) is 0 Å². The number of benzene rings is 1. The van der Waals surface area contributed by atoms with E-state index in [1.54, 1.807) is 0 Å². The largest absolute Gasteiger partial charge is 0.399 e. The van der Waals surface area contributed by atoms with Crippen molar-refractivity contribution >= 4 is 5.69 Å². The van der Waals surface area contributed by atoms with Crippen molar-refractivity contribution < 1.29 is 0 Å². The molecule has 1 saturated heterocycles. The molecule has 0 radical (unpaired) electrons. The highest BCUT2D eigenvalue weighted by Gasteiger charge is 2.31. The molecule has 3 N–H and O–H groups in total. The highest BCUT2D eigenvalue weighted by Crippen LogP contribution is 2.36. The van der Waals surface area contributed by atoms with Crippen molar-refractivity contribution in [1.82, 2.24) is 5.32 Å². The molecule has 0 spiro atoms. The van der Waals surface area contributed by atoms with Crippen LogP contribution in [0.4, 0.5) is 5.69 Å². The number of anilines is 1. The van der Waals surface area contributed by atoms with Gasteiger partial charge in [-0.15, -0.1) is 0 Å². The summed E-state index contributed by atoms with van der Waals surface area (Å²) < 4.78 is 0. The smallest absolute Gasteiger partial charge is 0.0326 e. The van der Waals surface area contributed by atoms with Crippen molar-refractivity contribution in [3.05, 3.63) is 29.3 Å². The van der Waals surface area contributed by atoms with Crippen LogP contribution in [0.2, 0.25) is 0 Å². The van der Waals surface area contributed by atoms with E-state index in [9.17, 15) is 0 Å². The molecule has 2 heteroatoms. The maximum Gasteiger partial charge on any atom is 0.0326 e. The molecular weight excluding hydrogens is 160 g/mol. The fourth-order valence-electron chi connectivity index (χ4n) is 2.63. The number of hydrogen-bond donors (Lipinski definition) is 2. The number of nitrogens with one attached hydrogen (secondary N) is 1. The molecule has 3 rings (SSSR count). The number of nitrogen functional groups attached to an aromatic ring is 1. The molecule has 0 aromatic heterocycles. The summed E-state index contributed by atoms with van der Waals surface area (Å²) in [5, 5.41) is 3.63. The Labute approximate surface area is 78.1 Å². The van der Waals surface area contributed by atoms with Crippen LogP contribution in [0.1, 0.15) is 30.0 Å². The lowest BCUT2D eigenvalue weighted by Gasteiger charge is -2.24. The molecule has 13 heavy (non-hydrogen) atoms. The Hall–Kier alpha value is -1.02. The van der Waals surface area contributed by atoms with E-state index >= 15 is 0 Å². The molecule has 68 valence electrons. The van der Waals surface area contributed by atoms with Crippen molar-refractivity contribution in [2.45, 2.75) is 31.3 Å². The van der Waals surface area contributed by atoms with E-state index in [1.807, 2.05) is 6.07 Å². The second-order valence-electron chi connectivity index (χ2n) is 4.16. The van der Waals surface area contributed by atoms with Gasteiger partial charge >= 0.3 is 0 Å². The Morgan fingerprint density at radius 3 is 3.15 bits per heavy atom. The number of rotatable bonds is 0. The number of fused-ring (bicyclic) bond motifs is 4. The van der Waals surface area contributed by atoms with E-state index in [4.69, 9.17) is 5.73 Å². The quantitative estimate of drug-likeness (QED) is 0.586. The lowest BCUT2D eigenvalue weighted by Crippen LogP contribution is -2.31. The van der Waals surface area contributed by atoms with Gasteiger partial charge in [-0.05, 0) is 42.5 Å². The van der Waals surface area contributed by atoms with Gasteiger partial charge in [0.1, 0.15) is 0 Å². The normalized spacial score (nSPS) is 30.2. The van der Waals surface area contributed by atoms with E-state index in [-0.39, 0.29) is 0 Å². The van der Waals surface area contributed by atoms with Crippen LogP contribution in [0.15, 0.2) is 18.2 Å². The molecular formula is C11H14N2. The Morgan fingerprint density at radius 2 is 2.23 bits per heavy atom. The summed E-state index contributed by atoms with van der Waals surface area (Å²) in [6, 6.07) is 7.65. The molecule has 2 heterocycles. The van der Waals surface area contributed by atoms with E-state index in [2.05, 4.69) is 17.4 Å². The molecule has 0 aliphatic carbocycles. The van der Waals surface area contributed by atoms with Crippen LogP contribution in [0.3, 0.4) is 0 Å². The highest BCUT2D eigenvalue weighted by atomic mass is 15.0. The Kier molecular flexibility index (Phi) is 1.41. The number of nitrogens with two attached hydrogens (primary N) is 1. The molecule has 2 bridgehead atoms. The first-order valence-electron chi connectivity index (χ1n) is 4.97. The fourth-order valence-corrected chi connectivity index (χ4v) is 2.63. The van der Waals surface area contributed by atoms with Gasteiger partial charge in [0.25, 0.3) is 0 Å². The summed E-state index contributed by atoms with van der Waals surface area (Å²) in [5.41, 5.74) is 9.61. The summed E-state index contributed by atoms with van der Waals surface area (Å²) in [5.74, 6) is 0. The third kappa shape index (κ3) is 1.05. The SMILES string of the molecule is Nc1ccc2c(c1)CC1CCC2N1. The molecule has 2 unspecified atom stereocenters. The van der Waals surface area contributed by atoms with Gasteiger partial charge in [-0.3, -0.25) is 0 Å². The summed E-state index contributed by atoms with van der Waals surface area (Å²) in [6.07, 6.45) is 3.78. The zero-order valence-electron chi connectivity index (χ0n) is 7.59. The van der Waals surface area contributed by atoms with Crippen LogP contribution >= 0.6 is 0 Å². The van der Waals surface area contributed by atoms with E-state index < -0.39 is 0 Å². The monoisotopic (exact) mass is 174 g/mol. The first kappa shape index (κ1) is 7.39. The van der Waals surface area contributed by atoms with Gasteiger partial charge in [0.05, 0.1) is 0 Å². The van der Waals surface area contributed by atoms with Crippen molar-refractivity contribution in [3.8, 4) is 0 Å². The first-order chi connectivity index (χ1) is 6.33. The molecule has 1 aromatic rings. The third-order valence-corrected chi connectivity index (χ3v) is 3.25. The lowest BCUT2D eigenvalue weighted by atomic mass is 9.95. The minimum absolute atomic E-state index is 0.606. The maximum atomic E-state index is 5.77. The van der Waals surface area contributed by atoms with E-state index in [0.717, 1.165) is 12.1 Å². The molecule has 0 amide bonds. The molecule has 2 aliphatic rings. The summed E-state index contributed by atoms with van der Waals surface area (Å²) >= 11 is 0. The average Bonchev–Trinajstić information content (AvgIpc) is 2.48. The van der Waals surface area contributed by atoms with E-state index in [0.29, 0.717) is 12.1 Å². The minimum Gasteiger partial charge on any atom is -0.399 e. The molecule has 2 aliphatic heterocycles. The fraction of sp³-hybridized carbons (Fsp3) is 0.455. The molecule has 0 saturated carbocycles. The van der Waals surface area contributed by atoms with Crippen molar-refractivity contribution in [2.75, 3.05) is 5.73 Å². The minimum atomic E-state index is 0.606. The second kappa shape index (κ2) is 2.48. The molecule has 2 atom stereocenters. The highest BCUT2D eigenvalue weighted by molar-refractivity contribution is 5.47. The summed E-state index contributed by atoms with van der Waals surface area (Å²) in [4.78, 5) is 0. The summed E-state index contributed by atoms with van der Waals surface area (Å²) in [6.45, 7) is 0. The van der Waals surface area contributed by atoms with Crippen LogP contribution in [0.25, 0.3) is 0 Å². The number of hydrogen-bond acceptors (Lipinski definition) is 2. The molecule has 1 aromatic carbocycles. The topological polar surface area (TPSA) is 38.0 Å².